The van der Waals surface area contributed by atoms with Gasteiger partial charge in [-0.3, -0.25) is 0 Å². The summed E-state index contributed by atoms with van der Waals surface area (Å²) in [5, 5.41) is 14.9. The summed E-state index contributed by atoms with van der Waals surface area (Å²) < 4.78 is 11.4. The lowest BCUT2D eigenvalue weighted by atomic mass is 9.82. The van der Waals surface area contributed by atoms with Crippen LogP contribution in [0.2, 0.25) is 0 Å². The maximum atomic E-state index is 10.6. The zero-order chi connectivity index (χ0) is 30.6. The average Bonchev–Trinajstić information content (AvgIpc) is 3.66. The highest BCUT2D eigenvalue weighted by Gasteiger charge is 2.36. The van der Waals surface area contributed by atoms with Crippen molar-refractivity contribution in [1.29, 1.82) is 5.26 Å². The Balaban J connectivity index is 1.44. The van der Waals surface area contributed by atoms with Crippen LogP contribution in [-0.2, 0) is 12.5 Å². The normalized spacial score (nSPS) is 13.5. The van der Waals surface area contributed by atoms with Gasteiger partial charge in [-0.25, -0.2) is 4.57 Å². The molecule has 0 radical (unpaired) electrons. The molecule has 0 atom stereocenters. The van der Waals surface area contributed by atoms with Crippen molar-refractivity contribution in [2.24, 2.45) is 7.05 Å². The fourth-order valence-electron chi connectivity index (χ4n) is 7.81. The Morgan fingerprint density at radius 2 is 1.47 bits per heavy atom. The highest BCUT2D eigenvalue weighted by atomic mass is 16.3. The molecule has 0 spiro atoms. The van der Waals surface area contributed by atoms with Gasteiger partial charge in [-0.1, -0.05) is 68.4 Å². The minimum atomic E-state index is -0.109. The van der Waals surface area contributed by atoms with Gasteiger partial charge in [0.25, 0.3) is 0 Å². The summed E-state index contributed by atoms with van der Waals surface area (Å²) in [5.41, 5.74) is 13.4. The van der Waals surface area contributed by atoms with E-state index in [2.05, 4.69) is 134 Å². The van der Waals surface area contributed by atoms with Crippen molar-refractivity contribution < 1.29 is 8.98 Å². The van der Waals surface area contributed by atoms with E-state index in [1.165, 1.54) is 27.6 Å². The Hall–Kier alpha value is -5.66. The third kappa shape index (κ3) is 3.33. The van der Waals surface area contributed by atoms with Gasteiger partial charge in [-0.15, -0.1) is 0 Å². The highest BCUT2D eigenvalue weighted by Crippen LogP contribution is 2.51. The first kappa shape index (κ1) is 25.8. The van der Waals surface area contributed by atoms with E-state index >= 15 is 0 Å². The van der Waals surface area contributed by atoms with Gasteiger partial charge in [0, 0.05) is 39.1 Å². The van der Waals surface area contributed by atoms with E-state index in [1.807, 2.05) is 18.2 Å². The van der Waals surface area contributed by atoms with E-state index in [0.29, 0.717) is 5.56 Å². The van der Waals surface area contributed by atoms with Crippen molar-refractivity contribution in [1.82, 2.24) is 4.57 Å². The molecule has 0 amide bonds. The van der Waals surface area contributed by atoms with Crippen LogP contribution in [0, 0.1) is 18.3 Å². The summed E-state index contributed by atoms with van der Waals surface area (Å²) in [6.45, 7) is 6.76. The third-order valence-corrected chi connectivity index (χ3v) is 10.0. The Bertz CT molecular complexity index is 2610. The number of hydrogen-bond acceptors (Lipinski definition) is 2. The molecule has 3 heterocycles. The zero-order valence-corrected chi connectivity index (χ0v) is 25.6. The molecule has 4 nitrogen and oxygen atoms in total. The summed E-state index contributed by atoms with van der Waals surface area (Å²) in [5.74, 6) is 0. The maximum Gasteiger partial charge on any atom is 0.216 e. The SMILES string of the molecule is Cc1ccc2c(oc3c(-n4c5ccccc5c5cc6c(cc54)-c4ccccc4C6(C)C)c(C#N)ccc32)c1-c1cccc[n+]1C. The van der Waals surface area contributed by atoms with Crippen LogP contribution in [0.25, 0.3) is 71.8 Å². The summed E-state index contributed by atoms with van der Waals surface area (Å²) in [7, 11) is 2.06. The van der Waals surface area contributed by atoms with Gasteiger partial charge in [-0.2, -0.15) is 5.26 Å². The summed E-state index contributed by atoms with van der Waals surface area (Å²) in [6.07, 6.45) is 2.06. The molecular formula is C41H30N3O+. The van der Waals surface area contributed by atoms with Crippen LogP contribution >= 0.6 is 0 Å². The molecule has 214 valence electrons. The van der Waals surface area contributed by atoms with E-state index in [0.717, 1.165) is 60.9 Å². The summed E-state index contributed by atoms with van der Waals surface area (Å²) in [4.78, 5) is 0. The maximum absolute atomic E-state index is 10.6. The van der Waals surface area contributed by atoms with E-state index < -0.39 is 0 Å². The minimum Gasteiger partial charge on any atom is -0.453 e. The second-order valence-electron chi connectivity index (χ2n) is 12.8. The predicted molar refractivity (Wildman–Crippen MR) is 182 cm³/mol. The first-order chi connectivity index (χ1) is 21.9. The number of pyridine rings is 1. The quantitative estimate of drug-likeness (QED) is 0.191. The predicted octanol–water partition coefficient (Wildman–Crippen LogP) is 9.66. The van der Waals surface area contributed by atoms with Gasteiger partial charge in [-0.05, 0) is 71.1 Å². The van der Waals surface area contributed by atoms with Gasteiger partial charge in [0.2, 0.25) is 5.69 Å². The second-order valence-corrected chi connectivity index (χ2v) is 12.8. The number of para-hydroxylation sites is 1. The first-order valence-electron chi connectivity index (χ1n) is 15.4. The Morgan fingerprint density at radius 1 is 0.711 bits per heavy atom. The molecule has 0 fully saturated rings. The largest absolute Gasteiger partial charge is 0.453 e. The van der Waals surface area contributed by atoms with Crippen molar-refractivity contribution in [3.63, 3.8) is 0 Å². The number of aryl methyl sites for hydroxylation is 2. The first-order valence-corrected chi connectivity index (χ1v) is 15.4. The number of nitrogens with zero attached hydrogens (tertiary/aromatic N) is 3. The molecule has 1 aliphatic rings. The molecule has 0 aliphatic heterocycles. The standard InChI is InChI=1S/C41H30N3O/c1-24-16-18-28-29-19-17-25(23-42)38(40(29)45-39(28)37(24)35-15-9-10-20-43(35)4)44-34-14-8-6-12-27(34)31-21-33-30(22-36(31)44)26-11-5-7-13-32(26)41(33,2)3/h5-22H,1-4H3/q+1. The van der Waals surface area contributed by atoms with E-state index in [4.69, 9.17) is 4.42 Å². The van der Waals surface area contributed by atoms with Crippen LogP contribution in [0.1, 0.15) is 36.1 Å². The topological polar surface area (TPSA) is 45.7 Å². The second kappa shape index (κ2) is 8.94. The van der Waals surface area contributed by atoms with Crippen LogP contribution in [0.5, 0.6) is 0 Å². The monoisotopic (exact) mass is 580 g/mol. The average molecular weight is 581 g/mol. The number of nitriles is 1. The smallest absolute Gasteiger partial charge is 0.216 e. The van der Waals surface area contributed by atoms with Gasteiger partial charge in [0.15, 0.2) is 11.8 Å². The minimum absolute atomic E-state index is 0.109. The third-order valence-electron chi connectivity index (χ3n) is 10.0. The number of hydrogen-bond donors (Lipinski definition) is 0. The van der Waals surface area contributed by atoms with Crippen LogP contribution in [-0.4, -0.2) is 4.57 Å². The molecule has 3 aromatic heterocycles. The number of rotatable bonds is 2. The zero-order valence-electron chi connectivity index (χ0n) is 25.6. The molecular weight excluding hydrogens is 550 g/mol. The number of aromatic nitrogens is 2. The highest BCUT2D eigenvalue weighted by molar-refractivity contribution is 6.16. The molecule has 9 rings (SSSR count). The molecule has 8 aromatic rings. The lowest BCUT2D eigenvalue weighted by Crippen LogP contribution is -2.30. The van der Waals surface area contributed by atoms with Crippen molar-refractivity contribution >= 4 is 43.7 Å². The number of furan rings is 1. The molecule has 45 heavy (non-hydrogen) atoms. The Kier molecular flexibility index (Phi) is 5.12. The fraction of sp³-hybridized carbons (Fsp3) is 0.122. The summed E-state index contributed by atoms with van der Waals surface area (Å²) in [6, 6.07) is 39.0. The van der Waals surface area contributed by atoms with Crippen LogP contribution < -0.4 is 4.57 Å². The van der Waals surface area contributed by atoms with Crippen molar-refractivity contribution in [3.05, 3.63) is 132 Å². The van der Waals surface area contributed by atoms with E-state index in [1.54, 1.807) is 0 Å². The lowest BCUT2D eigenvalue weighted by molar-refractivity contribution is -0.660. The van der Waals surface area contributed by atoms with Crippen LogP contribution in [0.3, 0.4) is 0 Å². The van der Waals surface area contributed by atoms with Crippen molar-refractivity contribution in [2.75, 3.05) is 0 Å². The van der Waals surface area contributed by atoms with Crippen molar-refractivity contribution in [3.8, 4) is 34.1 Å². The molecule has 0 saturated heterocycles. The number of fused-ring (bicyclic) bond motifs is 9. The molecule has 1 aliphatic carbocycles. The van der Waals surface area contributed by atoms with E-state index in [9.17, 15) is 5.26 Å². The van der Waals surface area contributed by atoms with Gasteiger partial charge in [0.1, 0.15) is 24.4 Å². The van der Waals surface area contributed by atoms with E-state index in [-0.39, 0.29) is 5.41 Å². The summed E-state index contributed by atoms with van der Waals surface area (Å²) >= 11 is 0. The lowest BCUT2D eigenvalue weighted by Gasteiger charge is -2.21. The fourth-order valence-corrected chi connectivity index (χ4v) is 7.81. The Morgan fingerprint density at radius 3 is 2.31 bits per heavy atom. The molecule has 0 bridgehead atoms. The number of benzene rings is 5. The van der Waals surface area contributed by atoms with Crippen LogP contribution in [0.15, 0.2) is 114 Å². The van der Waals surface area contributed by atoms with Gasteiger partial charge < -0.3 is 8.98 Å². The molecule has 4 heteroatoms. The van der Waals surface area contributed by atoms with Gasteiger partial charge >= 0.3 is 0 Å². The van der Waals surface area contributed by atoms with Crippen LogP contribution in [0.4, 0.5) is 0 Å². The molecule has 0 saturated carbocycles. The molecule has 0 unspecified atom stereocenters. The molecule has 0 N–H and O–H groups in total. The molecule has 5 aromatic carbocycles. The van der Waals surface area contributed by atoms with Crippen molar-refractivity contribution in [2.45, 2.75) is 26.2 Å². The van der Waals surface area contributed by atoms with Gasteiger partial charge in [0.05, 0.1) is 22.2 Å². The Labute approximate surface area is 261 Å².